The number of nitrogens with one attached hydrogen (secondary N) is 1. The molecule has 5 heteroatoms. The molecule has 2 aromatic rings. The average molecular weight is 340 g/mol. The summed E-state index contributed by atoms with van der Waals surface area (Å²) in [5.41, 5.74) is 4.23. The van der Waals surface area contributed by atoms with Gasteiger partial charge in [0.05, 0.1) is 13.2 Å². The maximum Gasteiger partial charge on any atom is 0.407 e. The van der Waals surface area contributed by atoms with E-state index in [1.807, 2.05) is 39.0 Å². The summed E-state index contributed by atoms with van der Waals surface area (Å²) in [5.74, 6) is 0. The van der Waals surface area contributed by atoms with Gasteiger partial charge in [-0.3, -0.25) is 4.98 Å². The summed E-state index contributed by atoms with van der Waals surface area (Å²) < 4.78 is 11.2. The molecule has 1 atom stereocenters. The molecule has 132 valence electrons. The van der Waals surface area contributed by atoms with Crippen molar-refractivity contribution >= 4 is 6.09 Å². The molecule has 1 N–H and O–H groups in total. The first-order chi connectivity index (χ1) is 11.9. The number of benzene rings is 1. The fourth-order valence-electron chi connectivity index (χ4n) is 3.04. The summed E-state index contributed by atoms with van der Waals surface area (Å²) in [6.07, 6.45) is 3.87. The zero-order chi connectivity index (χ0) is 17.9. The quantitative estimate of drug-likeness (QED) is 0.921. The normalized spacial score (nSPS) is 16.8. The third-order valence-corrected chi connectivity index (χ3v) is 4.05. The van der Waals surface area contributed by atoms with Crippen LogP contribution in [0.5, 0.6) is 0 Å². The van der Waals surface area contributed by atoms with E-state index in [0.29, 0.717) is 13.2 Å². The summed E-state index contributed by atoms with van der Waals surface area (Å²) in [7, 11) is 0. The Bertz CT molecular complexity index is 738. The molecule has 0 radical (unpaired) electrons. The van der Waals surface area contributed by atoms with Crippen LogP contribution in [0.2, 0.25) is 0 Å². The Labute approximate surface area is 148 Å². The van der Waals surface area contributed by atoms with Crippen LogP contribution in [0.3, 0.4) is 0 Å². The van der Waals surface area contributed by atoms with Gasteiger partial charge in [-0.25, -0.2) is 4.79 Å². The summed E-state index contributed by atoms with van der Waals surface area (Å²) in [6.45, 7) is 6.57. The van der Waals surface area contributed by atoms with Crippen molar-refractivity contribution in [1.29, 1.82) is 0 Å². The predicted molar refractivity (Wildman–Crippen MR) is 96.3 cm³/mol. The van der Waals surface area contributed by atoms with Gasteiger partial charge in [-0.15, -0.1) is 0 Å². The van der Waals surface area contributed by atoms with Crippen LogP contribution < -0.4 is 5.32 Å². The van der Waals surface area contributed by atoms with E-state index in [1.54, 1.807) is 12.4 Å². The zero-order valence-corrected chi connectivity index (χ0v) is 14.9. The first kappa shape index (κ1) is 17.4. The topological polar surface area (TPSA) is 60.5 Å². The fourth-order valence-corrected chi connectivity index (χ4v) is 3.04. The van der Waals surface area contributed by atoms with E-state index < -0.39 is 11.7 Å². The Kier molecular flexibility index (Phi) is 5.04. The van der Waals surface area contributed by atoms with Crippen molar-refractivity contribution in [3.8, 4) is 11.1 Å². The van der Waals surface area contributed by atoms with Gasteiger partial charge in [0.2, 0.25) is 0 Å². The van der Waals surface area contributed by atoms with E-state index in [1.165, 1.54) is 11.1 Å². The number of hydrogen-bond acceptors (Lipinski definition) is 4. The lowest BCUT2D eigenvalue weighted by Gasteiger charge is -2.28. The molecule has 0 saturated heterocycles. The predicted octanol–water partition coefficient (Wildman–Crippen LogP) is 3.89. The van der Waals surface area contributed by atoms with Crippen LogP contribution in [0.4, 0.5) is 4.79 Å². The number of aromatic nitrogens is 1. The molecule has 3 rings (SSSR count). The van der Waals surface area contributed by atoms with E-state index in [0.717, 1.165) is 17.5 Å². The van der Waals surface area contributed by atoms with E-state index >= 15 is 0 Å². The number of fused-ring (bicyclic) bond motifs is 1. The Morgan fingerprint density at radius 3 is 2.76 bits per heavy atom. The number of carbonyl (C=O) groups is 1. The van der Waals surface area contributed by atoms with E-state index in [4.69, 9.17) is 9.47 Å². The first-order valence-electron chi connectivity index (χ1n) is 8.55. The highest BCUT2D eigenvalue weighted by atomic mass is 16.6. The number of alkyl carbamates (subject to hydrolysis) is 1. The maximum absolute atomic E-state index is 11.9. The minimum absolute atomic E-state index is 0.168. The van der Waals surface area contributed by atoms with Crippen molar-refractivity contribution in [2.75, 3.05) is 13.2 Å². The molecule has 0 saturated carbocycles. The van der Waals surface area contributed by atoms with Crippen LogP contribution in [0.15, 0.2) is 42.7 Å². The van der Waals surface area contributed by atoms with Crippen molar-refractivity contribution in [2.45, 2.75) is 38.9 Å². The van der Waals surface area contributed by atoms with Crippen molar-refractivity contribution in [3.63, 3.8) is 0 Å². The molecule has 0 bridgehead atoms. The third kappa shape index (κ3) is 4.37. The Morgan fingerprint density at radius 2 is 2.04 bits per heavy atom. The Morgan fingerprint density at radius 1 is 1.28 bits per heavy atom. The Hall–Kier alpha value is -2.40. The smallest absolute Gasteiger partial charge is 0.407 e. The Balaban J connectivity index is 1.78. The molecule has 5 nitrogen and oxygen atoms in total. The third-order valence-electron chi connectivity index (χ3n) is 4.05. The molecule has 0 unspecified atom stereocenters. The van der Waals surface area contributed by atoms with Gasteiger partial charge in [-0.2, -0.15) is 0 Å². The van der Waals surface area contributed by atoms with Crippen molar-refractivity contribution in [1.82, 2.24) is 10.3 Å². The summed E-state index contributed by atoms with van der Waals surface area (Å²) in [4.78, 5) is 16.0. The van der Waals surface area contributed by atoms with Crippen LogP contribution in [-0.2, 0) is 15.9 Å². The van der Waals surface area contributed by atoms with Gasteiger partial charge in [0.25, 0.3) is 0 Å². The molecule has 1 aromatic carbocycles. The SMILES string of the molecule is CC(C)(C)OC(=O)NC[C@H]1OCCc2c(-c3ccncc3)cccc21. The molecule has 0 fully saturated rings. The summed E-state index contributed by atoms with van der Waals surface area (Å²) in [6, 6.07) is 10.3. The molecule has 0 spiro atoms. The number of carbonyl (C=O) groups excluding carboxylic acids is 1. The molecular weight excluding hydrogens is 316 g/mol. The van der Waals surface area contributed by atoms with Gasteiger partial charge in [0.15, 0.2) is 0 Å². The van der Waals surface area contributed by atoms with Crippen LogP contribution in [0, 0.1) is 0 Å². The van der Waals surface area contributed by atoms with Crippen LogP contribution >= 0.6 is 0 Å². The first-order valence-corrected chi connectivity index (χ1v) is 8.55. The molecule has 1 aliphatic heterocycles. The van der Waals surface area contributed by atoms with Gasteiger partial charge >= 0.3 is 6.09 Å². The number of pyridine rings is 1. The molecule has 25 heavy (non-hydrogen) atoms. The highest BCUT2D eigenvalue weighted by Crippen LogP contribution is 2.34. The number of rotatable bonds is 3. The number of amides is 1. The van der Waals surface area contributed by atoms with Gasteiger partial charge in [-0.05, 0) is 61.6 Å². The average Bonchev–Trinajstić information content (AvgIpc) is 2.58. The minimum atomic E-state index is -0.510. The second-order valence-corrected chi connectivity index (χ2v) is 7.10. The largest absolute Gasteiger partial charge is 0.444 e. The lowest BCUT2D eigenvalue weighted by atomic mass is 9.90. The molecule has 2 heterocycles. The maximum atomic E-state index is 11.9. The number of nitrogens with zero attached hydrogens (tertiary/aromatic N) is 1. The highest BCUT2D eigenvalue weighted by Gasteiger charge is 2.24. The standard InChI is InChI=1S/C20H24N2O3/c1-20(2,3)25-19(23)22-13-18-17-6-4-5-15(16(17)9-12-24-18)14-7-10-21-11-8-14/h4-8,10-11,18H,9,12-13H2,1-3H3,(H,22,23)/t18-/m1/s1. The van der Waals surface area contributed by atoms with Crippen LogP contribution in [0.25, 0.3) is 11.1 Å². The number of hydrogen-bond donors (Lipinski definition) is 1. The van der Waals surface area contributed by atoms with E-state index in [9.17, 15) is 4.79 Å². The van der Waals surface area contributed by atoms with Crippen molar-refractivity contribution in [3.05, 3.63) is 53.9 Å². The van der Waals surface area contributed by atoms with Gasteiger partial charge in [0, 0.05) is 12.4 Å². The molecule has 0 aliphatic carbocycles. The van der Waals surface area contributed by atoms with Gasteiger partial charge in [0.1, 0.15) is 11.7 Å². The van der Waals surface area contributed by atoms with E-state index in [-0.39, 0.29) is 6.10 Å². The summed E-state index contributed by atoms with van der Waals surface area (Å²) in [5, 5.41) is 2.81. The minimum Gasteiger partial charge on any atom is -0.444 e. The van der Waals surface area contributed by atoms with Crippen LogP contribution in [0.1, 0.15) is 38.0 Å². The molecule has 1 aromatic heterocycles. The second-order valence-electron chi connectivity index (χ2n) is 7.10. The lowest BCUT2D eigenvalue weighted by Crippen LogP contribution is -2.36. The second kappa shape index (κ2) is 7.23. The molecule has 1 aliphatic rings. The van der Waals surface area contributed by atoms with E-state index in [2.05, 4.69) is 22.4 Å². The monoisotopic (exact) mass is 340 g/mol. The fraction of sp³-hybridized carbons (Fsp3) is 0.400. The van der Waals surface area contributed by atoms with Gasteiger partial charge < -0.3 is 14.8 Å². The lowest BCUT2D eigenvalue weighted by molar-refractivity contribution is 0.0290. The van der Waals surface area contributed by atoms with Crippen molar-refractivity contribution in [2.24, 2.45) is 0 Å². The van der Waals surface area contributed by atoms with Crippen molar-refractivity contribution < 1.29 is 14.3 Å². The molecule has 1 amide bonds. The summed E-state index contributed by atoms with van der Waals surface area (Å²) >= 11 is 0. The van der Waals surface area contributed by atoms with Crippen LogP contribution in [-0.4, -0.2) is 29.8 Å². The number of ether oxygens (including phenoxy) is 2. The molecular formula is C20H24N2O3. The zero-order valence-electron chi connectivity index (χ0n) is 14.9. The highest BCUT2D eigenvalue weighted by molar-refractivity contribution is 5.69. The van der Waals surface area contributed by atoms with Gasteiger partial charge in [-0.1, -0.05) is 18.2 Å².